The molecule has 2 heterocycles. The number of hydrogen-bond donors (Lipinski definition) is 2. The minimum absolute atomic E-state index is 0.0840. The van der Waals surface area contributed by atoms with Gasteiger partial charge in [0.25, 0.3) is 0 Å². The highest BCUT2D eigenvalue weighted by Gasteiger charge is 2.43. The van der Waals surface area contributed by atoms with Crippen molar-refractivity contribution in [3.05, 3.63) is 23.4 Å². The van der Waals surface area contributed by atoms with Gasteiger partial charge in [-0.05, 0) is 95.6 Å². The van der Waals surface area contributed by atoms with Crippen LogP contribution in [0.2, 0.25) is 0 Å². The summed E-state index contributed by atoms with van der Waals surface area (Å²) in [5.74, 6) is 1.30. The molecule has 1 unspecified atom stereocenters. The standard InChI is InChI=1S/C29H46N4O4/c1-28(2,3)37-27(35)32-24(25(34)21-7-8-21)12-17-33(18-19-36-4)20-29(14-15-29)13-11-23-10-9-22-6-5-16-30-26(22)31-23/h9-10,21,24H,5-8,11-20H2,1-4H3,(H,30,31)(H,32,35). The third-order valence-corrected chi connectivity index (χ3v) is 7.74. The monoisotopic (exact) mass is 514 g/mol. The topological polar surface area (TPSA) is 92.8 Å². The van der Waals surface area contributed by atoms with Crippen LogP contribution in [0.3, 0.4) is 0 Å². The summed E-state index contributed by atoms with van der Waals surface area (Å²) in [6, 6.07) is 3.93. The van der Waals surface area contributed by atoms with Gasteiger partial charge < -0.3 is 25.0 Å². The molecule has 4 rings (SSSR count). The minimum atomic E-state index is -0.594. The van der Waals surface area contributed by atoms with Gasteiger partial charge in [-0.1, -0.05) is 6.07 Å². The van der Waals surface area contributed by atoms with Crippen molar-refractivity contribution in [2.45, 2.75) is 90.2 Å². The summed E-state index contributed by atoms with van der Waals surface area (Å²) >= 11 is 0. The molecule has 1 amide bonds. The van der Waals surface area contributed by atoms with Crippen LogP contribution < -0.4 is 10.6 Å². The first-order chi connectivity index (χ1) is 17.7. The summed E-state index contributed by atoms with van der Waals surface area (Å²) in [6.45, 7) is 9.70. The molecule has 0 bridgehead atoms. The van der Waals surface area contributed by atoms with Gasteiger partial charge in [0.15, 0.2) is 5.78 Å². The first kappa shape index (κ1) is 27.8. The average molecular weight is 515 g/mol. The van der Waals surface area contributed by atoms with Gasteiger partial charge in [0.05, 0.1) is 12.6 Å². The van der Waals surface area contributed by atoms with E-state index in [1.165, 1.54) is 30.5 Å². The smallest absolute Gasteiger partial charge is 0.408 e. The van der Waals surface area contributed by atoms with Gasteiger partial charge in [-0.2, -0.15) is 0 Å². The molecular formula is C29H46N4O4. The van der Waals surface area contributed by atoms with E-state index in [4.69, 9.17) is 14.5 Å². The van der Waals surface area contributed by atoms with Gasteiger partial charge in [0.2, 0.25) is 0 Å². The Morgan fingerprint density at radius 1 is 1.24 bits per heavy atom. The van der Waals surface area contributed by atoms with Crippen molar-refractivity contribution >= 4 is 17.7 Å². The Balaban J connectivity index is 1.33. The number of aryl methyl sites for hydroxylation is 2. The zero-order valence-corrected chi connectivity index (χ0v) is 23.2. The quantitative estimate of drug-likeness (QED) is 0.381. The van der Waals surface area contributed by atoms with E-state index in [1.54, 1.807) is 7.11 Å². The molecule has 2 aliphatic carbocycles. The molecule has 206 valence electrons. The molecule has 2 fully saturated rings. The summed E-state index contributed by atoms with van der Waals surface area (Å²) in [5.41, 5.74) is 2.20. The molecule has 1 aromatic rings. The second-order valence-corrected chi connectivity index (χ2v) is 12.3. The van der Waals surface area contributed by atoms with Crippen LogP contribution in [0.1, 0.15) is 77.0 Å². The molecule has 37 heavy (non-hydrogen) atoms. The molecule has 3 aliphatic rings. The highest BCUT2D eigenvalue weighted by molar-refractivity contribution is 5.90. The Labute approximate surface area is 222 Å². The zero-order valence-electron chi connectivity index (χ0n) is 23.2. The van der Waals surface area contributed by atoms with Gasteiger partial charge in [-0.3, -0.25) is 4.79 Å². The number of carbonyl (C=O) groups is 2. The number of amides is 1. The molecule has 0 saturated heterocycles. The van der Waals surface area contributed by atoms with Crippen molar-refractivity contribution in [2.75, 3.05) is 45.2 Å². The summed E-state index contributed by atoms with van der Waals surface area (Å²) in [5, 5.41) is 6.32. The fourth-order valence-electron chi connectivity index (χ4n) is 5.23. The molecular weight excluding hydrogens is 468 g/mol. The Hall–Kier alpha value is -2.19. The van der Waals surface area contributed by atoms with E-state index in [0.29, 0.717) is 18.4 Å². The molecule has 0 radical (unpaired) electrons. The third kappa shape index (κ3) is 8.67. The SMILES string of the molecule is COCCN(CCC(NC(=O)OC(C)(C)C)C(=O)C1CC1)CC1(CCc2ccc3c(n2)NCCC3)CC1. The minimum Gasteiger partial charge on any atom is -0.444 e. The van der Waals surface area contributed by atoms with Crippen LogP contribution in [0.4, 0.5) is 10.6 Å². The molecule has 1 aromatic heterocycles. The molecule has 0 spiro atoms. The number of methoxy groups -OCH3 is 1. The lowest BCUT2D eigenvalue weighted by atomic mass is 9.96. The number of pyridine rings is 1. The number of nitrogens with one attached hydrogen (secondary N) is 2. The highest BCUT2D eigenvalue weighted by Crippen LogP contribution is 2.50. The maximum atomic E-state index is 13.0. The number of ether oxygens (including phenoxy) is 2. The van der Waals surface area contributed by atoms with E-state index >= 15 is 0 Å². The lowest BCUT2D eigenvalue weighted by molar-refractivity contribution is -0.122. The van der Waals surface area contributed by atoms with Crippen LogP contribution in [0.15, 0.2) is 12.1 Å². The molecule has 0 aromatic carbocycles. The predicted octanol–water partition coefficient (Wildman–Crippen LogP) is 4.36. The Morgan fingerprint density at radius 2 is 2.03 bits per heavy atom. The van der Waals surface area contributed by atoms with Crippen molar-refractivity contribution in [3.8, 4) is 0 Å². The first-order valence-corrected chi connectivity index (χ1v) is 14.1. The van der Waals surface area contributed by atoms with Crippen LogP contribution in [0.25, 0.3) is 0 Å². The van der Waals surface area contributed by atoms with Crippen molar-refractivity contribution < 1.29 is 19.1 Å². The predicted molar refractivity (Wildman–Crippen MR) is 145 cm³/mol. The zero-order chi connectivity index (χ0) is 26.5. The molecule has 1 atom stereocenters. The van der Waals surface area contributed by atoms with Crippen molar-refractivity contribution in [3.63, 3.8) is 0 Å². The van der Waals surface area contributed by atoms with E-state index < -0.39 is 17.7 Å². The van der Waals surface area contributed by atoms with E-state index in [0.717, 1.165) is 64.1 Å². The number of alkyl carbamates (subject to hydrolysis) is 1. The summed E-state index contributed by atoms with van der Waals surface area (Å²) in [7, 11) is 1.73. The summed E-state index contributed by atoms with van der Waals surface area (Å²) in [6.07, 6.45) is 8.75. The number of carbonyl (C=O) groups excluding carboxylic acids is 2. The number of anilines is 1. The molecule has 8 nitrogen and oxygen atoms in total. The molecule has 2 N–H and O–H groups in total. The largest absolute Gasteiger partial charge is 0.444 e. The van der Waals surface area contributed by atoms with Crippen molar-refractivity contribution in [1.29, 1.82) is 0 Å². The normalized spacial score (nSPS) is 19.1. The van der Waals surface area contributed by atoms with Crippen LogP contribution in [-0.4, -0.2) is 73.3 Å². The number of ketones is 1. The number of hydrogen-bond acceptors (Lipinski definition) is 7. The third-order valence-electron chi connectivity index (χ3n) is 7.74. The fraction of sp³-hybridized carbons (Fsp3) is 0.759. The van der Waals surface area contributed by atoms with E-state index in [1.807, 2.05) is 20.8 Å². The Kier molecular flexibility index (Phi) is 9.11. The summed E-state index contributed by atoms with van der Waals surface area (Å²) in [4.78, 5) is 32.7. The number of fused-ring (bicyclic) bond motifs is 1. The van der Waals surface area contributed by atoms with Gasteiger partial charge in [0, 0.05) is 44.9 Å². The number of nitrogens with zero attached hydrogens (tertiary/aromatic N) is 2. The Bertz CT molecular complexity index is 936. The van der Waals surface area contributed by atoms with Crippen LogP contribution in [-0.2, 0) is 27.1 Å². The highest BCUT2D eigenvalue weighted by atomic mass is 16.6. The average Bonchev–Trinajstić information content (AvgIpc) is 3.78. The second-order valence-electron chi connectivity index (χ2n) is 12.3. The summed E-state index contributed by atoms with van der Waals surface area (Å²) < 4.78 is 10.8. The number of aromatic nitrogens is 1. The lowest BCUT2D eigenvalue weighted by Gasteiger charge is -2.29. The Morgan fingerprint density at radius 3 is 2.70 bits per heavy atom. The van der Waals surface area contributed by atoms with E-state index in [2.05, 4.69) is 27.7 Å². The van der Waals surface area contributed by atoms with E-state index in [9.17, 15) is 9.59 Å². The van der Waals surface area contributed by atoms with Gasteiger partial charge in [-0.25, -0.2) is 9.78 Å². The van der Waals surface area contributed by atoms with Gasteiger partial charge in [0.1, 0.15) is 11.4 Å². The number of rotatable bonds is 14. The molecule has 2 saturated carbocycles. The fourth-order valence-corrected chi connectivity index (χ4v) is 5.23. The van der Waals surface area contributed by atoms with Gasteiger partial charge in [-0.15, -0.1) is 0 Å². The maximum absolute atomic E-state index is 13.0. The van der Waals surface area contributed by atoms with Gasteiger partial charge >= 0.3 is 6.09 Å². The van der Waals surface area contributed by atoms with Crippen molar-refractivity contribution in [2.24, 2.45) is 11.3 Å². The van der Waals surface area contributed by atoms with Crippen LogP contribution in [0.5, 0.6) is 0 Å². The first-order valence-electron chi connectivity index (χ1n) is 14.1. The second kappa shape index (κ2) is 12.1. The van der Waals surface area contributed by atoms with Crippen LogP contribution >= 0.6 is 0 Å². The van der Waals surface area contributed by atoms with Crippen LogP contribution in [0, 0.1) is 11.3 Å². The molecule has 8 heteroatoms. The van der Waals surface area contributed by atoms with E-state index in [-0.39, 0.29) is 11.7 Å². The lowest BCUT2D eigenvalue weighted by Crippen LogP contribution is -2.46. The van der Waals surface area contributed by atoms with Crippen molar-refractivity contribution in [1.82, 2.24) is 15.2 Å². The molecule has 1 aliphatic heterocycles. The maximum Gasteiger partial charge on any atom is 0.408 e. The number of Topliss-reactive ketones (excluding diaryl/α,β-unsaturated/α-hetero) is 1.